The van der Waals surface area contributed by atoms with E-state index in [1.807, 2.05) is 0 Å². The highest BCUT2D eigenvalue weighted by Crippen LogP contribution is 2.67. The summed E-state index contributed by atoms with van der Waals surface area (Å²) in [7, 11) is 0. The van der Waals surface area contributed by atoms with E-state index in [2.05, 4.69) is 27.7 Å². The van der Waals surface area contributed by atoms with Crippen LogP contribution in [-0.4, -0.2) is 16.9 Å². The van der Waals surface area contributed by atoms with E-state index in [1.165, 1.54) is 44.9 Å². The summed E-state index contributed by atoms with van der Waals surface area (Å²) in [5, 5.41) is 9.10. The number of carbonyl (C=O) groups excluding carboxylic acids is 1. The van der Waals surface area contributed by atoms with Crippen LogP contribution in [0.25, 0.3) is 0 Å². The molecular weight excluding hydrogens is 348 g/mol. The van der Waals surface area contributed by atoms with Gasteiger partial charge in [0.05, 0.1) is 0 Å². The molecule has 0 aromatic rings. The number of hydrogen-bond acceptors (Lipinski definition) is 2. The first-order valence-electron chi connectivity index (χ1n) is 11.9. The number of carboxylic acids is 1. The van der Waals surface area contributed by atoms with E-state index in [1.54, 1.807) is 0 Å². The molecule has 4 rings (SSSR count). The van der Waals surface area contributed by atoms with Gasteiger partial charge in [-0.05, 0) is 91.3 Å². The summed E-state index contributed by atoms with van der Waals surface area (Å²) in [5.41, 5.74) is 0.610. The third-order valence-electron chi connectivity index (χ3n) is 10.3. The molecule has 0 aromatic heterocycles. The van der Waals surface area contributed by atoms with Crippen LogP contribution in [0.3, 0.4) is 0 Å². The van der Waals surface area contributed by atoms with Crippen LogP contribution in [0, 0.1) is 52.3 Å². The molecule has 0 aromatic carbocycles. The topological polar surface area (TPSA) is 54.4 Å². The average Bonchev–Trinajstić information content (AvgIpc) is 2.98. The Balaban J connectivity index is 1.56. The molecule has 0 spiro atoms. The fourth-order valence-electron chi connectivity index (χ4n) is 8.67. The number of rotatable bonds is 4. The highest BCUT2D eigenvalue weighted by Gasteiger charge is 2.62. The van der Waals surface area contributed by atoms with E-state index in [9.17, 15) is 9.59 Å². The SMILES string of the molecule is C[C@@H]1CC[C@@]2(C)C(CC(=O)C3C2CC[C@@]2(C)C3CCC2[C@H](C)CCC(=O)O)C1. The summed E-state index contributed by atoms with van der Waals surface area (Å²) < 4.78 is 0. The van der Waals surface area contributed by atoms with Crippen LogP contribution in [0.2, 0.25) is 0 Å². The lowest BCUT2D eigenvalue weighted by Gasteiger charge is -2.60. The fraction of sp³-hybridized carbons (Fsp3) is 0.920. The van der Waals surface area contributed by atoms with Crippen LogP contribution in [0.4, 0.5) is 0 Å². The molecule has 1 N–H and O–H groups in total. The Hall–Kier alpha value is -0.860. The van der Waals surface area contributed by atoms with Crippen LogP contribution in [0.5, 0.6) is 0 Å². The number of carboxylic acid groups (broad SMARTS) is 1. The molecule has 0 radical (unpaired) electrons. The van der Waals surface area contributed by atoms with Crippen LogP contribution < -0.4 is 0 Å². The van der Waals surface area contributed by atoms with Crippen molar-refractivity contribution in [2.24, 2.45) is 52.3 Å². The number of fused-ring (bicyclic) bond motifs is 5. The van der Waals surface area contributed by atoms with Gasteiger partial charge in [-0.2, -0.15) is 0 Å². The van der Waals surface area contributed by atoms with Gasteiger partial charge < -0.3 is 5.11 Å². The Morgan fingerprint density at radius 2 is 1.79 bits per heavy atom. The monoisotopic (exact) mass is 388 g/mol. The number of ketones is 1. The number of carbonyl (C=O) groups is 2. The Morgan fingerprint density at radius 1 is 1.11 bits per heavy atom. The molecule has 158 valence electrons. The summed E-state index contributed by atoms with van der Waals surface area (Å²) in [6, 6.07) is 0. The van der Waals surface area contributed by atoms with Gasteiger partial charge in [0.2, 0.25) is 0 Å². The molecule has 3 heteroatoms. The zero-order valence-corrected chi connectivity index (χ0v) is 18.4. The first kappa shape index (κ1) is 20.4. The zero-order valence-electron chi connectivity index (χ0n) is 18.4. The maximum atomic E-state index is 13.4. The molecule has 4 aliphatic rings. The maximum absolute atomic E-state index is 13.4. The summed E-state index contributed by atoms with van der Waals surface area (Å²) in [4.78, 5) is 24.5. The number of aliphatic carboxylic acids is 1. The molecule has 0 saturated heterocycles. The second-order valence-electron chi connectivity index (χ2n) is 11.6. The van der Waals surface area contributed by atoms with E-state index < -0.39 is 5.97 Å². The molecule has 28 heavy (non-hydrogen) atoms. The van der Waals surface area contributed by atoms with Crippen molar-refractivity contribution >= 4 is 11.8 Å². The van der Waals surface area contributed by atoms with Gasteiger partial charge in [0.15, 0.2) is 0 Å². The number of Topliss-reactive ketones (excluding diaryl/α,β-unsaturated/α-hetero) is 1. The second-order valence-corrected chi connectivity index (χ2v) is 11.6. The fourth-order valence-corrected chi connectivity index (χ4v) is 8.67. The molecule has 4 saturated carbocycles. The van der Waals surface area contributed by atoms with Gasteiger partial charge in [0.1, 0.15) is 5.78 Å². The van der Waals surface area contributed by atoms with Crippen LogP contribution >= 0.6 is 0 Å². The Morgan fingerprint density at radius 3 is 2.50 bits per heavy atom. The first-order valence-corrected chi connectivity index (χ1v) is 11.9. The summed E-state index contributed by atoms with van der Waals surface area (Å²) in [6.07, 6.45) is 10.6. The Kier molecular flexibility index (Phi) is 5.20. The molecule has 4 fully saturated rings. The minimum atomic E-state index is -0.678. The van der Waals surface area contributed by atoms with Crippen LogP contribution in [-0.2, 0) is 9.59 Å². The quantitative estimate of drug-likeness (QED) is 0.646. The van der Waals surface area contributed by atoms with Crippen LogP contribution in [0.1, 0.15) is 91.9 Å². The smallest absolute Gasteiger partial charge is 0.303 e. The molecule has 0 bridgehead atoms. The minimum Gasteiger partial charge on any atom is -0.481 e. The minimum absolute atomic E-state index is 0.236. The van der Waals surface area contributed by atoms with Crippen molar-refractivity contribution in [3.8, 4) is 0 Å². The molecule has 4 aliphatic carbocycles. The van der Waals surface area contributed by atoms with Gasteiger partial charge in [-0.3, -0.25) is 9.59 Å². The lowest BCUT2D eigenvalue weighted by molar-refractivity contribution is -0.158. The maximum Gasteiger partial charge on any atom is 0.303 e. The van der Waals surface area contributed by atoms with E-state index in [4.69, 9.17) is 5.11 Å². The predicted octanol–water partition coefficient (Wildman–Crippen LogP) is 5.96. The second kappa shape index (κ2) is 7.13. The highest BCUT2D eigenvalue weighted by molar-refractivity contribution is 5.83. The molecule has 5 unspecified atom stereocenters. The van der Waals surface area contributed by atoms with Gasteiger partial charge in [-0.25, -0.2) is 0 Å². The predicted molar refractivity (Wildman–Crippen MR) is 111 cm³/mol. The molecule has 3 nitrogen and oxygen atoms in total. The van der Waals surface area contributed by atoms with Crippen molar-refractivity contribution in [2.75, 3.05) is 0 Å². The number of hydrogen-bond donors (Lipinski definition) is 1. The van der Waals surface area contributed by atoms with E-state index in [-0.39, 0.29) is 17.8 Å². The summed E-state index contributed by atoms with van der Waals surface area (Å²) in [6.45, 7) is 9.61. The normalized spacial score (nSPS) is 49.1. The molecule has 0 heterocycles. The van der Waals surface area contributed by atoms with Crippen molar-refractivity contribution in [1.82, 2.24) is 0 Å². The van der Waals surface area contributed by atoms with Gasteiger partial charge in [0, 0.05) is 18.8 Å². The molecule has 9 atom stereocenters. The summed E-state index contributed by atoms with van der Waals surface area (Å²) in [5.74, 6) is 3.74. The van der Waals surface area contributed by atoms with Gasteiger partial charge in [-0.15, -0.1) is 0 Å². The van der Waals surface area contributed by atoms with Crippen molar-refractivity contribution in [3.63, 3.8) is 0 Å². The molecule has 0 amide bonds. The van der Waals surface area contributed by atoms with Crippen molar-refractivity contribution in [2.45, 2.75) is 91.9 Å². The first-order chi connectivity index (χ1) is 13.2. The summed E-state index contributed by atoms with van der Waals surface area (Å²) >= 11 is 0. The van der Waals surface area contributed by atoms with Crippen LogP contribution in [0.15, 0.2) is 0 Å². The van der Waals surface area contributed by atoms with Crippen molar-refractivity contribution in [3.05, 3.63) is 0 Å². The van der Waals surface area contributed by atoms with Gasteiger partial charge in [-0.1, -0.05) is 34.1 Å². The van der Waals surface area contributed by atoms with Gasteiger partial charge in [0.25, 0.3) is 0 Å². The zero-order chi connectivity index (χ0) is 20.3. The third-order valence-corrected chi connectivity index (χ3v) is 10.3. The lowest BCUT2D eigenvalue weighted by atomic mass is 9.43. The average molecular weight is 389 g/mol. The van der Waals surface area contributed by atoms with E-state index >= 15 is 0 Å². The Labute approximate surface area is 171 Å². The van der Waals surface area contributed by atoms with E-state index in [0.717, 1.165) is 18.8 Å². The molecule has 0 aliphatic heterocycles. The lowest BCUT2D eigenvalue weighted by Crippen LogP contribution is -2.57. The highest BCUT2D eigenvalue weighted by atomic mass is 16.4. The Bertz CT molecular complexity index is 642. The van der Waals surface area contributed by atoms with Crippen molar-refractivity contribution < 1.29 is 14.7 Å². The van der Waals surface area contributed by atoms with E-state index in [0.29, 0.717) is 40.8 Å². The largest absolute Gasteiger partial charge is 0.481 e. The molecular formula is C25H40O3. The van der Waals surface area contributed by atoms with Gasteiger partial charge >= 0.3 is 5.97 Å². The standard InChI is InChI=1S/C25H40O3/c1-15-9-11-24(3)17(13-15)14-21(26)23-19-7-6-18(16(2)5-8-22(27)28)25(19,4)12-10-20(23)24/h15-20,23H,5-14H2,1-4H3,(H,27,28)/t15-,16-,17?,18?,19?,20?,23?,24+,25-/m1/s1. The third kappa shape index (κ3) is 3.06. The van der Waals surface area contributed by atoms with Crippen molar-refractivity contribution in [1.29, 1.82) is 0 Å².